The molecule has 0 saturated heterocycles. The first kappa shape index (κ1) is 15.2. The second-order valence-electron chi connectivity index (χ2n) is 4.20. The van der Waals surface area contributed by atoms with Gasteiger partial charge in [-0.05, 0) is 41.0 Å². The highest BCUT2D eigenvalue weighted by Crippen LogP contribution is 2.31. The van der Waals surface area contributed by atoms with E-state index in [1.807, 2.05) is 0 Å². The molecular formula is C14H10F5NO. The first-order valence-corrected chi connectivity index (χ1v) is 5.84. The lowest BCUT2D eigenvalue weighted by Crippen LogP contribution is -2.17. The molecule has 2 N–H and O–H groups in total. The Morgan fingerprint density at radius 1 is 1.00 bits per heavy atom. The summed E-state index contributed by atoms with van der Waals surface area (Å²) in [6.45, 7) is 0.0814. The van der Waals surface area contributed by atoms with Gasteiger partial charge in [0.25, 0.3) is 0 Å². The Kier molecular flexibility index (Phi) is 4.13. The molecule has 0 bridgehead atoms. The Bertz CT molecular complexity index is 654. The molecule has 0 heterocycles. The second-order valence-corrected chi connectivity index (χ2v) is 4.20. The minimum atomic E-state index is -4.98. The lowest BCUT2D eigenvalue weighted by molar-refractivity contribution is -0.275. The summed E-state index contributed by atoms with van der Waals surface area (Å²) in [6.07, 6.45) is -4.98. The molecule has 0 saturated carbocycles. The predicted molar refractivity (Wildman–Crippen MR) is 66.4 cm³/mol. The number of alkyl halides is 3. The van der Waals surface area contributed by atoms with E-state index in [1.165, 1.54) is 18.2 Å². The van der Waals surface area contributed by atoms with Crippen molar-refractivity contribution < 1.29 is 26.7 Å². The van der Waals surface area contributed by atoms with Crippen molar-refractivity contribution in [1.82, 2.24) is 0 Å². The largest absolute Gasteiger partial charge is 0.573 e. The molecule has 112 valence electrons. The van der Waals surface area contributed by atoms with E-state index in [1.54, 1.807) is 0 Å². The summed E-state index contributed by atoms with van der Waals surface area (Å²) in [4.78, 5) is 0. The third-order valence-corrected chi connectivity index (χ3v) is 2.76. The van der Waals surface area contributed by atoms with Crippen LogP contribution in [0.3, 0.4) is 0 Å². The monoisotopic (exact) mass is 303 g/mol. The summed E-state index contributed by atoms with van der Waals surface area (Å²) in [5.74, 6) is -2.70. The molecule has 2 aromatic carbocycles. The highest BCUT2D eigenvalue weighted by Gasteiger charge is 2.32. The van der Waals surface area contributed by atoms with Crippen molar-refractivity contribution in [3.63, 3.8) is 0 Å². The Labute approximate surface area is 116 Å². The van der Waals surface area contributed by atoms with Crippen molar-refractivity contribution in [2.45, 2.75) is 12.9 Å². The van der Waals surface area contributed by atoms with E-state index in [0.717, 1.165) is 18.2 Å². The number of nitrogens with two attached hydrogens (primary N) is 1. The topological polar surface area (TPSA) is 35.2 Å². The fourth-order valence-electron chi connectivity index (χ4n) is 1.87. The average molecular weight is 303 g/mol. The molecule has 2 nitrogen and oxygen atoms in total. The van der Waals surface area contributed by atoms with Crippen LogP contribution >= 0.6 is 0 Å². The molecule has 0 spiro atoms. The van der Waals surface area contributed by atoms with E-state index in [2.05, 4.69) is 4.74 Å². The summed E-state index contributed by atoms with van der Waals surface area (Å²) in [6, 6.07) is 6.66. The van der Waals surface area contributed by atoms with Crippen LogP contribution in [0.5, 0.6) is 5.75 Å². The fraction of sp³-hybridized carbons (Fsp3) is 0.143. The van der Waals surface area contributed by atoms with Crippen LogP contribution in [0.25, 0.3) is 11.1 Å². The molecule has 0 aromatic heterocycles. The third-order valence-electron chi connectivity index (χ3n) is 2.76. The van der Waals surface area contributed by atoms with Crippen LogP contribution in [-0.2, 0) is 6.54 Å². The van der Waals surface area contributed by atoms with Crippen LogP contribution in [0.1, 0.15) is 5.56 Å². The molecule has 0 atom stereocenters. The number of hydrogen-bond donors (Lipinski definition) is 1. The van der Waals surface area contributed by atoms with Gasteiger partial charge in [0.05, 0.1) is 0 Å². The van der Waals surface area contributed by atoms with Gasteiger partial charge in [0.1, 0.15) is 5.82 Å². The van der Waals surface area contributed by atoms with Crippen LogP contribution in [0.4, 0.5) is 22.0 Å². The van der Waals surface area contributed by atoms with Crippen molar-refractivity contribution in [2.75, 3.05) is 0 Å². The molecule has 7 heteroatoms. The van der Waals surface area contributed by atoms with Crippen LogP contribution in [-0.4, -0.2) is 6.36 Å². The van der Waals surface area contributed by atoms with Crippen LogP contribution in [0.2, 0.25) is 0 Å². The first-order valence-electron chi connectivity index (χ1n) is 5.84. The quantitative estimate of drug-likeness (QED) is 0.870. The van der Waals surface area contributed by atoms with Gasteiger partial charge in [0.15, 0.2) is 11.6 Å². The van der Waals surface area contributed by atoms with Crippen molar-refractivity contribution in [2.24, 2.45) is 5.73 Å². The smallest absolute Gasteiger partial charge is 0.403 e. The van der Waals surface area contributed by atoms with Gasteiger partial charge in [0.2, 0.25) is 0 Å². The van der Waals surface area contributed by atoms with E-state index in [4.69, 9.17) is 5.73 Å². The lowest BCUT2D eigenvalue weighted by Gasteiger charge is -2.12. The number of rotatable bonds is 3. The van der Waals surface area contributed by atoms with Gasteiger partial charge in [-0.15, -0.1) is 13.2 Å². The molecule has 0 aliphatic carbocycles. The minimum absolute atomic E-state index is 0.0814. The number of hydrogen-bond acceptors (Lipinski definition) is 2. The first-order chi connectivity index (χ1) is 9.80. The van der Waals surface area contributed by atoms with Gasteiger partial charge in [-0.1, -0.05) is 12.1 Å². The molecule has 0 fully saturated rings. The lowest BCUT2D eigenvalue weighted by atomic mass is 9.99. The Hall–Kier alpha value is -2.15. The molecule has 2 rings (SSSR count). The van der Waals surface area contributed by atoms with Gasteiger partial charge >= 0.3 is 6.36 Å². The minimum Gasteiger partial charge on any atom is -0.403 e. The molecule has 2 aromatic rings. The maximum absolute atomic E-state index is 13.7. The molecule has 0 aliphatic rings. The highest BCUT2D eigenvalue weighted by molar-refractivity contribution is 5.68. The Morgan fingerprint density at radius 3 is 2.29 bits per heavy atom. The van der Waals surface area contributed by atoms with Crippen molar-refractivity contribution >= 4 is 0 Å². The molecule has 21 heavy (non-hydrogen) atoms. The van der Waals surface area contributed by atoms with Crippen molar-refractivity contribution in [3.05, 3.63) is 53.6 Å². The Morgan fingerprint density at radius 2 is 1.71 bits per heavy atom. The summed E-state index contributed by atoms with van der Waals surface area (Å²) in [5.41, 5.74) is 6.57. The van der Waals surface area contributed by atoms with Gasteiger partial charge < -0.3 is 10.5 Å². The molecule has 0 amide bonds. The summed E-state index contributed by atoms with van der Waals surface area (Å²) >= 11 is 0. The van der Waals surface area contributed by atoms with Gasteiger partial charge in [-0.25, -0.2) is 8.78 Å². The zero-order chi connectivity index (χ0) is 15.6. The second kappa shape index (κ2) is 5.69. The van der Waals surface area contributed by atoms with E-state index in [9.17, 15) is 22.0 Å². The molecule has 0 radical (unpaired) electrons. The van der Waals surface area contributed by atoms with E-state index in [-0.39, 0.29) is 12.1 Å². The van der Waals surface area contributed by atoms with E-state index in [0.29, 0.717) is 11.1 Å². The van der Waals surface area contributed by atoms with Gasteiger partial charge in [0, 0.05) is 6.54 Å². The highest BCUT2D eigenvalue weighted by atomic mass is 19.4. The maximum atomic E-state index is 13.7. The summed E-state index contributed by atoms with van der Waals surface area (Å²) in [5, 5.41) is 0. The standard InChI is InChI=1S/C14H10F5NO/c15-10-3-1-9(7-20)11(6-10)8-2-4-13(12(16)5-8)21-14(17,18)19/h1-6H,7,20H2. The number of benzene rings is 2. The average Bonchev–Trinajstić information content (AvgIpc) is 2.39. The molecule has 0 unspecified atom stereocenters. The van der Waals surface area contributed by atoms with Gasteiger partial charge in [-0.3, -0.25) is 0 Å². The van der Waals surface area contributed by atoms with E-state index < -0.39 is 23.7 Å². The van der Waals surface area contributed by atoms with E-state index >= 15 is 0 Å². The zero-order valence-electron chi connectivity index (χ0n) is 10.5. The van der Waals surface area contributed by atoms with Crippen molar-refractivity contribution in [3.8, 4) is 16.9 Å². The van der Waals surface area contributed by atoms with Crippen molar-refractivity contribution in [1.29, 1.82) is 0 Å². The third kappa shape index (κ3) is 3.69. The zero-order valence-corrected chi connectivity index (χ0v) is 10.5. The summed E-state index contributed by atoms with van der Waals surface area (Å²) in [7, 11) is 0. The summed E-state index contributed by atoms with van der Waals surface area (Å²) < 4.78 is 66.6. The normalized spacial score (nSPS) is 11.5. The Balaban J connectivity index is 2.43. The van der Waals surface area contributed by atoms with Gasteiger partial charge in [-0.2, -0.15) is 0 Å². The fourth-order valence-corrected chi connectivity index (χ4v) is 1.87. The maximum Gasteiger partial charge on any atom is 0.573 e. The number of ether oxygens (including phenoxy) is 1. The van der Waals surface area contributed by atoms with Crippen LogP contribution in [0, 0.1) is 11.6 Å². The van der Waals surface area contributed by atoms with Crippen LogP contribution in [0.15, 0.2) is 36.4 Å². The van der Waals surface area contributed by atoms with Crippen LogP contribution < -0.4 is 10.5 Å². The SMILES string of the molecule is NCc1ccc(F)cc1-c1ccc(OC(F)(F)F)c(F)c1. The number of halogens is 5. The predicted octanol–water partition coefficient (Wildman–Crippen LogP) is 3.99. The molecular weight excluding hydrogens is 293 g/mol. The molecule has 0 aliphatic heterocycles.